The Morgan fingerprint density at radius 3 is 2.45 bits per heavy atom. The van der Waals surface area contributed by atoms with E-state index in [4.69, 9.17) is 4.74 Å². The summed E-state index contributed by atoms with van der Waals surface area (Å²) in [5.41, 5.74) is 5.81. The summed E-state index contributed by atoms with van der Waals surface area (Å²) in [5, 5.41) is 8.89. The van der Waals surface area contributed by atoms with E-state index in [9.17, 15) is 14.4 Å². The largest absolute Gasteiger partial charge is 0.496 e. The number of hydrogen-bond acceptors (Lipinski definition) is 5. The molecule has 0 bridgehead atoms. The standard InChI is InChI=1S/C33H33FN4O4/c1-19-23(21-14-28(34)27(30(15-21)42-4)18-35-22-16-31(39)36-17-22)8-5-9-24(19)25-10-6-12-29(20(25)2)37-32(40)26-11-7-13-38(3)33(26)41/h5-15,22,35H,16-18H2,1-4H3,(H,36,39)(H,37,40)/t22-/m0/s1. The molecule has 216 valence electrons. The second-order valence-corrected chi connectivity index (χ2v) is 10.5. The Hall–Kier alpha value is -4.76. The number of amides is 2. The Balaban J connectivity index is 1.45. The van der Waals surface area contributed by atoms with Crippen LogP contribution in [-0.2, 0) is 18.4 Å². The number of aryl methyl sites for hydroxylation is 1. The maximum absolute atomic E-state index is 15.5. The molecule has 1 atom stereocenters. The molecule has 2 amide bonds. The number of hydrogen-bond donors (Lipinski definition) is 3. The normalized spacial score (nSPS) is 14.5. The minimum atomic E-state index is -0.477. The van der Waals surface area contributed by atoms with E-state index in [1.165, 1.54) is 23.8 Å². The monoisotopic (exact) mass is 568 g/mol. The molecule has 0 radical (unpaired) electrons. The SMILES string of the molecule is COc1cc(-c2cccc(-c3cccc(NC(=O)c4cccn(C)c4=O)c3C)c2C)cc(F)c1CN[C@@H]1CNC(=O)C1. The molecule has 3 N–H and O–H groups in total. The minimum Gasteiger partial charge on any atom is -0.496 e. The predicted octanol–water partition coefficient (Wildman–Crippen LogP) is 4.71. The molecular formula is C33H33FN4O4. The molecular weight excluding hydrogens is 535 g/mol. The first-order chi connectivity index (χ1) is 20.2. The summed E-state index contributed by atoms with van der Waals surface area (Å²) in [6, 6.07) is 17.9. The van der Waals surface area contributed by atoms with Crippen LogP contribution in [0, 0.1) is 19.7 Å². The Kier molecular flexibility index (Phi) is 8.22. The number of benzene rings is 3. The van der Waals surface area contributed by atoms with Crippen LogP contribution in [0.5, 0.6) is 5.75 Å². The molecule has 0 aliphatic carbocycles. The van der Waals surface area contributed by atoms with Crippen molar-refractivity contribution in [2.45, 2.75) is 32.9 Å². The van der Waals surface area contributed by atoms with E-state index in [0.29, 0.717) is 35.5 Å². The lowest BCUT2D eigenvalue weighted by atomic mass is 9.90. The molecule has 0 unspecified atom stereocenters. The summed E-state index contributed by atoms with van der Waals surface area (Å²) in [7, 11) is 3.12. The van der Waals surface area contributed by atoms with Crippen LogP contribution in [0.2, 0.25) is 0 Å². The first-order valence-electron chi connectivity index (χ1n) is 13.7. The molecule has 2 heterocycles. The second kappa shape index (κ2) is 12.0. The summed E-state index contributed by atoms with van der Waals surface area (Å²) in [6.45, 7) is 4.65. The van der Waals surface area contributed by atoms with Gasteiger partial charge in [-0.2, -0.15) is 0 Å². The summed E-state index contributed by atoms with van der Waals surface area (Å²) in [4.78, 5) is 36.9. The van der Waals surface area contributed by atoms with Gasteiger partial charge in [0.15, 0.2) is 0 Å². The molecule has 3 aromatic carbocycles. The van der Waals surface area contributed by atoms with Crippen molar-refractivity contribution in [3.8, 4) is 28.0 Å². The van der Waals surface area contributed by atoms with Gasteiger partial charge in [0.2, 0.25) is 5.91 Å². The van der Waals surface area contributed by atoms with Crippen molar-refractivity contribution in [2.24, 2.45) is 7.05 Å². The number of carbonyl (C=O) groups excluding carboxylic acids is 2. The van der Waals surface area contributed by atoms with E-state index in [1.807, 2.05) is 50.2 Å². The zero-order valence-electron chi connectivity index (χ0n) is 24.0. The Bertz CT molecular complexity index is 1750. The van der Waals surface area contributed by atoms with Crippen molar-refractivity contribution >= 4 is 17.5 Å². The van der Waals surface area contributed by atoms with Crippen molar-refractivity contribution in [2.75, 3.05) is 19.0 Å². The van der Waals surface area contributed by atoms with E-state index < -0.39 is 11.7 Å². The van der Waals surface area contributed by atoms with Crippen molar-refractivity contribution in [1.82, 2.24) is 15.2 Å². The zero-order valence-corrected chi connectivity index (χ0v) is 24.0. The van der Waals surface area contributed by atoms with Crippen LogP contribution in [0.15, 0.2) is 71.7 Å². The molecule has 4 aromatic rings. The third kappa shape index (κ3) is 5.69. The van der Waals surface area contributed by atoms with Crippen LogP contribution >= 0.6 is 0 Å². The highest BCUT2D eigenvalue weighted by atomic mass is 19.1. The van der Waals surface area contributed by atoms with Crippen molar-refractivity contribution in [3.05, 3.63) is 105 Å². The number of methoxy groups -OCH3 is 1. The second-order valence-electron chi connectivity index (χ2n) is 10.5. The van der Waals surface area contributed by atoms with E-state index in [0.717, 1.165) is 27.8 Å². The molecule has 0 saturated carbocycles. The van der Waals surface area contributed by atoms with Gasteiger partial charge in [-0.15, -0.1) is 0 Å². The third-order valence-electron chi connectivity index (χ3n) is 7.80. The highest BCUT2D eigenvalue weighted by molar-refractivity contribution is 6.05. The number of aromatic nitrogens is 1. The number of carbonyl (C=O) groups is 2. The molecule has 1 fully saturated rings. The number of anilines is 1. The number of pyridine rings is 1. The fourth-order valence-corrected chi connectivity index (χ4v) is 5.38. The molecule has 1 aliphatic rings. The highest BCUT2D eigenvalue weighted by Crippen LogP contribution is 2.37. The summed E-state index contributed by atoms with van der Waals surface area (Å²) >= 11 is 0. The first kappa shape index (κ1) is 28.8. The van der Waals surface area contributed by atoms with Gasteiger partial charge in [-0.25, -0.2) is 4.39 Å². The van der Waals surface area contributed by atoms with Gasteiger partial charge < -0.3 is 25.3 Å². The van der Waals surface area contributed by atoms with Crippen molar-refractivity contribution < 1.29 is 18.7 Å². The third-order valence-corrected chi connectivity index (χ3v) is 7.80. The number of ether oxygens (including phenoxy) is 1. The van der Waals surface area contributed by atoms with Crippen LogP contribution in [-0.4, -0.2) is 36.1 Å². The molecule has 1 aromatic heterocycles. The average molecular weight is 569 g/mol. The van der Waals surface area contributed by atoms with Gasteiger partial charge in [-0.05, 0) is 77.6 Å². The van der Waals surface area contributed by atoms with Crippen LogP contribution in [0.4, 0.5) is 10.1 Å². The summed E-state index contributed by atoms with van der Waals surface area (Å²) in [5.74, 6) is -0.468. The molecule has 0 spiro atoms. The Morgan fingerprint density at radius 2 is 1.74 bits per heavy atom. The predicted molar refractivity (Wildman–Crippen MR) is 161 cm³/mol. The summed E-state index contributed by atoms with van der Waals surface area (Å²) < 4.78 is 22.4. The van der Waals surface area contributed by atoms with Crippen LogP contribution in [0.3, 0.4) is 0 Å². The van der Waals surface area contributed by atoms with E-state index >= 15 is 4.39 Å². The lowest BCUT2D eigenvalue weighted by Crippen LogP contribution is -2.30. The Labute approximate surface area is 243 Å². The molecule has 1 aliphatic heterocycles. The molecule has 8 nitrogen and oxygen atoms in total. The van der Waals surface area contributed by atoms with Crippen LogP contribution in [0.25, 0.3) is 22.3 Å². The van der Waals surface area contributed by atoms with E-state index in [2.05, 4.69) is 16.0 Å². The lowest BCUT2D eigenvalue weighted by Gasteiger charge is -2.18. The fourth-order valence-electron chi connectivity index (χ4n) is 5.38. The Morgan fingerprint density at radius 1 is 1.02 bits per heavy atom. The highest BCUT2D eigenvalue weighted by Gasteiger charge is 2.23. The number of rotatable bonds is 8. The van der Waals surface area contributed by atoms with E-state index in [-0.39, 0.29) is 29.6 Å². The van der Waals surface area contributed by atoms with Gasteiger partial charge in [0.25, 0.3) is 11.5 Å². The van der Waals surface area contributed by atoms with Gasteiger partial charge in [0, 0.05) is 50.0 Å². The van der Waals surface area contributed by atoms with Gasteiger partial charge in [0.1, 0.15) is 17.1 Å². The molecule has 9 heteroatoms. The number of nitrogens with one attached hydrogen (secondary N) is 3. The van der Waals surface area contributed by atoms with Crippen LogP contribution < -0.4 is 26.2 Å². The van der Waals surface area contributed by atoms with Crippen molar-refractivity contribution in [3.63, 3.8) is 0 Å². The fraction of sp³-hybridized carbons (Fsp3) is 0.242. The molecule has 5 rings (SSSR count). The summed E-state index contributed by atoms with van der Waals surface area (Å²) in [6.07, 6.45) is 1.97. The molecule has 1 saturated heterocycles. The van der Waals surface area contributed by atoms with Crippen molar-refractivity contribution in [1.29, 1.82) is 0 Å². The van der Waals surface area contributed by atoms with Gasteiger partial charge in [-0.1, -0.05) is 30.3 Å². The maximum atomic E-state index is 15.5. The van der Waals surface area contributed by atoms with Gasteiger partial charge in [-0.3, -0.25) is 14.4 Å². The quantitative estimate of drug-likeness (QED) is 0.286. The lowest BCUT2D eigenvalue weighted by molar-refractivity contribution is -0.119. The maximum Gasteiger partial charge on any atom is 0.263 e. The number of halogens is 1. The smallest absolute Gasteiger partial charge is 0.263 e. The first-order valence-corrected chi connectivity index (χ1v) is 13.7. The molecule has 42 heavy (non-hydrogen) atoms. The number of nitrogens with zero attached hydrogens (tertiary/aromatic N) is 1. The van der Waals surface area contributed by atoms with Crippen LogP contribution in [0.1, 0.15) is 33.5 Å². The topological polar surface area (TPSA) is 101 Å². The average Bonchev–Trinajstić information content (AvgIpc) is 3.39. The van der Waals surface area contributed by atoms with Gasteiger partial charge in [0.05, 0.1) is 7.11 Å². The van der Waals surface area contributed by atoms with Gasteiger partial charge >= 0.3 is 0 Å². The van der Waals surface area contributed by atoms with E-state index in [1.54, 1.807) is 25.4 Å². The minimum absolute atomic E-state index is 0.0178. The zero-order chi connectivity index (χ0) is 30.0.